The fraction of sp³-hybridized carbons (Fsp3) is 0.581. The standard InChI is InChI=1S/C62H85ClN8O16/c1-34(2)53(68-48(72)24-13-12-16-26-71-50(74)28-36(4)57(71)78)56(77)67-42(22-18-25-65-60(64)81)55(76)66-41-21-15-14-20-40(41)58(79)69(8)38(6)59(80)86-47-31-49(73)70(9)43-29-39(30-44(83-10)52(43)63)27-35(3)19-17-23-46(84-11)62(82)32-45(85-51(75)33-62)37(5)54-61(47,7)87-54/h14-15,17,19-21,23,29-30,34,36-38,42,45-47,53-54,82H,12-13,16,18,22,24-28,31-33H2,1-11H3,(H,66,76)(H,67,77)(H,68,72)(H3,64,65,81)/b23-17+,35-19+/t36?,37-,38+,42+,45+,46-,47+,53+,54+,61+,62-/m1/s1. The van der Waals surface area contributed by atoms with E-state index in [0.29, 0.717) is 37.1 Å². The van der Waals surface area contributed by atoms with E-state index in [1.165, 1.54) is 57.2 Å². The second-order valence-electron chi connectivity index (χ2n) is 23.7. The van der Waals surface area contributed by atoms with E-state index in [-0.39, 0.29) is 85.6 Å². The van der Waals surface area contributed by atoms with E-state index in [0.717, 1.165) is 16.0 Å². The molecule has 6 rings (SSSR count). The van der Waals surface area contributed by atoms with Gasteiger partial charge >= 0.3 is 18.0 Å². The number of allylic oxidation sites excluding steroid dienone is 3. The van der Waals surface area contributed by atoms with Crippen molar-refractivity contribution in [3.05, 3.63) is 76.3 Å². The third-order valence-corrected chi connectivity index (χ3v) is 17.1. The zero-order valence-corrected chi connectivity index (χ0v) is 52.3. The number of nitrogens with zero attached hydrogens (tertiary/aromatic N) is 3. The number of ether oxygens (including phenoxy) is 5. The van der Waals surface area contributed by atoms with Gasteiger partial charge in [0.2, 0.25) is 35.4 Å². The highest BCUT2D eigenvalue weighted by Crippen LogP contribution is 2.50. The lowest BCUT2D eigenvalue weighted by Gasteiger charge is -2.41. The van der Waals surface area contributed by atoms with Crippen LogP contribution < -0.4 is 36.6 Å². The first-order valence-corrected chi connectivity index (χ1v) is 29.9. The summed E-state index contributed by atoms with van der Waals surface area (Å²) in [7, 11) is 5.76. The van der Waals surface area contributed by atoms with E-state index in [4.69, 9.17) is 41.0 Å². The molecule has 1 unspecified atom stereocenters. The van der Waals surface area contributed by atoms with Crippen LogP contribution in [0.2, 0.25) is 5.02 Å². The van der Waals surface area contributed by atoms with Gasteiger partial charge in [-0.25, -0.2) is 9.59 Å². The minimum absolute atomic E-state index is 0.00801. The normalized spacial score (nSPS) is 26.0. The van der Waals surface area contributed by atoms with Gasteiger partial charge in [0.05, 0.1) is 43.0 Å². The maximum Gasteiger partial charge on any atom is 0.328 e. The first-order chi connectivity index (χ1) is 41.0. The van der Waals surface area contributed by atoms with E-state index in [9.17, 15) is 53.1 Å². The number of urea groups is 1. The van der Waals surface area contributed by atoms with Crippen molar-refractivity contribution < 1.29 is 76.7 Å². The van der Waals surface area contributed by atoms with E-state index >= 15 is 0 Å². The highest BCUT2D eigenvalue weighted by molar-refractivity contribution is 6.35. The van der Waals surface area contributed by atoms with Crippen molar-refractivity contribution in [3.63, 3.8) is 0 Å². The lowest BCUT2D eigenvalue weighted by atomic mass is 9.78. The molecular weight excluding hydrogens is 1150 g/mol. The van der Waals surface area contributed by atoms with Gasteiger partial charge in [0.15, 0.2) is 0 Å². The molecule has 2 aromatic rings. The molecule has 4 aliphatic rings. The van der Waals surface area contributed by atoms with Crippen LogP contribution >= 0.6 is 11.6 Å². The van der Waals surface area contributed by atoms with Gasteiger partial charge in [-0.15, -0.1) is 0 Å². The summed E-state index contributed by atoms with van der Waals surface area (Å²) in [5.41, 5.74) is 4.10. The average molecular weight is 1230 g/mol. The van der Waals surface area contributed by atoms with Gasteiger partial charge in [-0.05, 0) is 88.6 Å². The summed E-state index contributed by atoms with van der Waals surface area (Å²) in [6, 6.07) is 5.00. The number of nitrogens with one attached hydrogen (secondary N) is 4. The number of carbonyl (C=O) groups excluding carboxylic acids is 10. The van der Waals surface area contributed by atoms with Crippen LogP contribution in [0.4, 0.5) is 16.2 Å². The highest BCUT2D eigenvalue weighted by atomic mass is 35.5. The topological polar surface area (TPSA) is 324 Å². The number of benzene rings is 2. The monoisotopic (exact) mass is 1230 g/mol. The molecule has 4 aliphatic heterocycles. The number of amides is 9. The van der Waals surface area contributed by atoms with Crippen molar-refractivity contribution in [1.29, 1.82) is 0 Å². The molecule has 0 aromatic heterocycles. The molecule has 2 aromatic carbocycles. The summed E-state index contributed by atoms with van der Waals surface area (Å²) in [6.45, 7) is 12.2. The minimum Gasteiger partial charge on any atom is -0.495 e. The van der Waals surface area contributed by atoms with Crippen molar-refractivity contribution in [2.45, 2.75) is 173 Å². The molecule has 11 atom stereocenters. The number of rotatable bonds is 22. The Hall–Kier alpha value is -7.41. The fourth-order valence-corrected chi connectivity index (χ4v) is 11.6. The number of likely N-dealkylation sites (tertiary alicyclic amines) is 1. The van der Waals surface area contributed by atoms with Crippen molar-refractivity contribution in [2.75, 3.05) is 51.6 Å². The number of hydrogen-bond acceptors (Lipinski definition) is 16. The average Bonchev–Trinajstić information content (AvgIpc) is 1.60. The molecule has 25 heteroatoms. The Morgan fingerprint density at radius 3 is 2.32 bits per heavy atom. The van der Waals surface area contributed by atoms with Gasteiger partial charge in [0, 0.05) is 65.4 Å². The van der Waals surface area contributed by atoms with E-state index in [2.05, 4.69) is 21.3 Å². The van der Waals surface area contributed by atoms with Crippen LogP contribution in [0.1, 0.15) is 129 Å². The SMILES string of the molecule is COc1cc2cc(c1Cl)N(C)C(=O)C[C@H](OC(=O)[C@H](C)N(C)C(=O)c1ccccc1NC(=O)[C@H](CCCNC(N)=O)NC(=O)[C@@H](NC(=O)CCCCCN1C(=O)CC(C)C1=O)C(C)C)[C@]1(C)O[C@H]1[C@H](C)[C@@H]1C[C@@](O)(CC(=O)O1)[C@H](OC)/C=C/C=C(\C)C2. The van der Waals surface area contributed by atoms with Crippen LogP contribution in [0, 0.1) is 17.8 Å². The predicted molar refractivity (Wildman–Crippen MR) is 321 cm³/mol. The number of halogens is 1. The van der Waals surface area contributed by atoms with Crippen LogP contribution in [-0.2, 0) is 63.7 Å². The molecule has 9 amide bonds. The van der Waals surface area contributed by atoms with E-state index in [1.54, 1.807) is 71.0 Å². The summed E-state index contributed by atoms with van der Waals surface area (Å²) < 4.78 is 29.9. The molecule has 3 saturated heterocycles. The van der Waals surface area contributed by atoms with Gasteiger partial charge in [0.1, 0.15) is 58.4 Å². The van der Waals surface area contributed by atoms with Gasteiger partial charge in [-0.2, -0.15) is 0 Å². The number of aliphatic hydroxyl groups is 1. The number of methoxy groups -OCH3 is 2. The fourth-order valence-electron chi connectivity index (χ4n) is 11.3. The van der Waals surface area contributed by atoms with Crippen LogP contribution in [0.5, 0.6) is 5.75 Å². The molecular formula is C62H85ClN8O16. The zero-order valence-electron chi connectivity index (χ0n) is 51.5. The molecule has 476 valence electrons. The Balaban J connectivity index is 1.19. The number of nitrogens with two attached hydrogens (primary N) is 1. The van der Waals surface area contributed by atoms with Crippen molar-refractivity contribution in [2.24, 2.45) is 23.5 Å². The summed E-state index contributed by atoms with van der Waals surface area (Å²) in [5.74, 6) is -6.26. The van der Waals surface area contributed by atoms with Crippen LogP contribution in [-0.4, -0.2) is 169 Å². The Morgan fingerprint density at radius 1 is 0.954 bits per heavy atom. The Bertz CT molecular complexity index is 2990. The smallest absolute Gasteiger partial charge is 0.328 e. The molecule has 87 heavy (non-hydrogen) atoms. The van der Waals surface area contributed by atoms with Gasteiger partial charge in [0.25, 0.3) is 5.91 Å². The van der Waals surface area contributed by atoms with Gasteiger partial charge < -0.3 is 65.6 Å². The van der Waals surface area contributed by atoms with Gasteiger partial charge in [-0.3, -0.25) is 43.3 Å². The number of primary amides is 1. The molecule has 0 spiro atoms. The molecule has 24 nitrogen and oxygen atoms in total. The van der Waals surface area contributed by atoms with Crippen molar-refractivity contribution in [1.82, 2.24) is 25.8 Å². The molecule has 0 aliphatic carbocycles. The Labute approximate surface area is 512 Å². The van der Waals surface area contributed by atoms with Gasteiger partial charge in [-0.1, -0.05) is 81.7 Å². The first kappa shape index (κ1) is 68.7. The highest BCUT2D eigenvalue weighted by Gasteiger charge is 2.64. The Kier molecular flexibility index (Phi) is 23.7. The quantitative estimate of drug-likeness (QED) is 0.0389. The summed E-state index contributed by atoms with van der Waals surface area (Å²) in [6.07, 6.45) is 2.73. The molecule has 4 heterocycles. The first-order valence-electron chi connectivity index (χ1n) is 29.5. The number of hydrogen-bond donors (Lipinski definition) is 6. The van der Waals surface area contributed by atoms with Crippen LogP contribution in [0.3, 0.4) is 0 Å². The zero-order chi connectivity index (χ0) is 64.2. The number of imide groups is 1. The maximum atomic E-state index is 14.6. The van der Waals surface area contributed by atoms with Crippen LogP contribution in [0.25, 0.3) is 0 Å². The Morgan fingerprint density at radius 2 is 1.67 bits per heavy atom. The summed E-state index contributed by atoms with van der Waals surface area (Å²) >= 11 is 6.87. The predicted octanol–water partition coefficient (Wildman–Crippen LogP) is 5.05. The van der Waals surface area contributed by atoms with E-state index < -0.39 is 120 Å². The molecule has 0 saturated carbocycles. The van der Waals surface area contributed by atoms with Crippen molar-refractivity contribution in [3.8, 4) is 5.75 Å². The third-order valence-electron chi connectivity index (χ3n) is 16.7. The summed E-state index contributed by atoms with van der Waals surface area (Å²) in [5, 5.41) is 22.9. The van der Waals surface area contributed by atoms with Crippen LogP contribution in [0.15, 0.2) is 60.2 Å². The molecule has 7 N–H and O–H groups in total. The minimum atomic E-state index is -1.68. The molecule has 3 fully saturated rings. The summed E-state index contributed by atoms with van der Waals surface area (Å²) in [4.78, 5) is 138. The lowest BCUT2D eigenvalue weighted by molar-refractivity contribution is -0.187. The molecule has 4 bridgehead atoms. The van der Waals surface area contributed by atoms with Crippen molar-refractivity contribution >= 4 is 82.3 Å². The number of anilines is 2. The molecule has 0 radical (unpaired) electrons. The number of para-hydroxylation sites is 1. The third kappa shape index (κ3) is 17.2. The largest absolute Gasteiger partial charge is 0.495 e. The number of carbonyl (C=O) groups is 10. The number of unbranched alkanes of at least 4 members (excludes halogenated alkanes) is 2. The second kappa shape index (κ2) is 30.0. The number of likely N-dealkylation sites (N-methyl/N-ethyl adjacent to an activating group) is 1. The number of epoxide rings is 1. The second-order valence-corrected chi connectivity index (χ2v) is 24.1. The number of fused-ring (bicyclic) bond motifs is 5. The maximum absolute atomic E-state index is 14.6. The van der Waals surface area contributed by atoms with E-state index in [1.807, 2.05) is 13.0 Å². The lowest BCUT2D eigenvalue weighted by Crippen LogP contribution is -2.54. The number of esters is 2.